The zero-order valence-corrected chi connectivity index (χ0v) is 11.0. The Morgan fingerprint density at radius 3 is 2.28 bits per heavy atom. The molecule has 0 bridgehead atoms. The highest BCUT2D eigenvalue weighted by Gasteiger charge is 2.23. The number of β-amino-alcohol motifs (C(OH)–C–C–N with tert-alkyl or cyclic N) is 1. The lowest BCUT2D eigenvalue weighted by atomic mass is 10.1. The predicted octanol–water partition coefficient (Wildman–Crippen LogP) is -0.0483. The Labute approximate surface area is 107 Å². The molecule has 6 nitrogen and oxygen atoms in total. The molecule has 0 aromatic carbocycles. The van der Waals surface area contributed by atoms with Crippen LogP contribution in [0.3, 0.4) is 0 Å². The fourth-order valence-corrected chi connectivity index (χ4v) is 2.15. The molecule has 0 atom stereocenters. The predicted molar refractivity (Wildman–Crippen MR) is 71.4 cm³/mol. The molecule has 6 heteroatoms. The summed E-state index contributed by atoms with van der Waals surface area (Å²) in [6.45, 7) is 7.95. The molecule has 0 amide bonds. The van der Waals surface area contributed by atoms with E-state index in [-0.39, 0.29) is 0 Å². The molecule has 0 aliphatic carbocycles. The molecule has 100 valence electrons. The quantitative estimate of drug-likeness (QED) is 0.784. The molecule has 1 aromatic heterocycles. The van der Waals surface area contributed by atoms with E-state index < -0.39 is 5.60 Å². The van der Waals surface area contributed by atoms with Gasteiger partial charge in [0.2, 0.25) is 5.95 Å². The Kier molecular flexibility index (Phi) is 3.68. The van der Waals surface area contributed by atoms with Crippen molar-refractivity contribution in [2.75, 3.05) is 43.4 Å². The Morgan fingerprint density at radius 2 is 1.78 bits per heavy atom. The smallest absolute Gasteiger partial charge is 0.225 e. The van der Waals surface area contributed by atoms with Crippen molar-refractivity contribution in [2.24, 2.45) is 0 Å². The van der Waals surface area contributed by atoms with Crippen LogP contribution >= 0.6 is 0 Å². The van der Waals surface area contributed by atoms with Crippen LogP contribution in [0.4, 0.5) is 11.6 Å². The average Bonchev–Trinajstić information content (AvgIpc) is 2.29. The zero-order valence-electron chi connectivity index (χ0n) is 11.0. The SMILES string of the molecule is CC(C)(O)CN1CCN(c2ncc(N)cn2)CC1. The first kappa shape index (κ1) is 13.0. The second-order valence-corrected chi connectivity index (χ2v) is 5.39. The maximum absolute atomic E-state index is 9.79. The van der Waals surface area contributed by atoms with Crippen molar-refractivity contribution in [2.45, 2.75) is 19.4 Å². The van der Waals surface area contributed by atoms with E-state index in [1.807, 2.05) is 13.8 Å². The fraction of sp³-hybridized carbons (Fsp3) is 0.667. The molecule has 1 aromatic rings. The Bertz CT molecular complexity index is 378. The highest BCUT2D eigenvalue weighted by Crippen LogP contribution is 2.13. The Morgan fingerprint density at radius 1 is 1.22 bits per heavy atom. The van der Waals surface area contributed by atoms with E-state index in [1.165, 1.54) is 0 Å². The lowest BCUT2D eigenvalue weighted by Crippen LogP contribution is -2.50. The van der Waals surface area contributed by atoms with E-state index in [9.17, 15) is 5.11 Å². The van der Waals surface area contributed by atoms with Gasteiger partial charge in [0.25, 0.3) is 0 Å². The van der Waals surface area contributed by atoms with Crippen LogP contribution in [-0.4, -0.2) is 58.3 Å². The van der Waals surface area contributed by atoms with Crippen LogP contribution in [-0.2, 0) is 0 Å². The number of nitrogen functional groups attached to an aromatic ring is 1. The van der Waals surface area contributed by atoms with Crippen molar-refractivity contribution < 1.29 is 5.11 Å². The molecule has 1 aliphatic heterocycles. The van der Waals surface area contributed by atoms with Crippen LogP contribution < -0.4 is 10.6 Å². The van der Waals surface area contributed by atoms with Gasteiger partial charge in [-0.2, -0.15) is 0 Å². The number of piperazine rings is 1. The van der Waals surface area contributed by atoms with Crippen LogP contribution in [0.5, 0.6) is 0 Å². The van der Waals surface area contributed by atoms with Gasteiger partial charge < -0.3 is 15.7 Å². The highest BCUT2D eigenvalue weighted by molar-refractivity contribution is 5.38. The summed E-state index contributed by atoms with van der Waals surface area (Å²) >= 11 is 0. The molecule has 3 N–H and O–H groups in total. The lowest BCUT2D eigenvalue weighted by molar-refractivity contribution is 0.0344. The van der Waals surface area contributed by atoms with E-state index in [0.29, 0.717) is 12.2 Å². The van der Waals surface area contributed by atoms with E-state index in [0.717, 1.165) is 32.1 Å². The van der Waals surface area contributed by atoms with Gasteiger partial charge in [0.05, 0.1) is 23.7 Å². The summed E-state index contributed by atoms with van der Waals surface area (Å²) in [5, 5.41) is 9.79. The van der Waals surface area contributed by atoms with Crippen molar-refractivity contribution in [3.8, 4) is 0 Å². The minimum Gasteiger partial charge on any atom is -0.396 e. The monoisotopic (exact) mass is 251 g/mol. The summed E-state index contributed by atoms with van der Waals surface area (Å²) < 4.78 is 0. The van der Waals surface area contributed by atoms with Gasteiger partial charge in [-0.05, 0) is 13.8 Å². The van der Waals surface area contributed by atoms with Gasteiger partial charge in [-0.3, -0.25) is 4.90 Å². The third kappa shape index (κ3) is 3.54. The van der Waals surface area contributed by atoms with E-state index >= 15 is 0 Å². The summed E-state index contributed by atoms with van der Waals surface area (Å²) in [4.78, 5) is 12.8. The largest absolute Gasteiger partial charge is 0.396 e. The Balaban J connectivity index is 1.88. The second kappa shape index (κ2) is 5.07. The van der Waals surface area contributed by atoms with Crippen molar-refractivity contribution >= 4 is 11.6 Å². The number of hydrogen-bond donors (Lipinski definition) is 2. The third-order valence-corrected chi connectivity index (χ3v) is 2.92. The number of nitrogens with two attached hydrogens (primary N) is 1. The van der Waals surface area contributed by atoms with Crippen LogP contribution in [0.1, 0.15) is 13.8 Å². The van der Waals surface area contributed by atoms with Gasteiger partial charge in [-0.1, -0.05) is 0 Å². The molecule has 18 heavy (non-hydrogen) atoms. The number of anilines is 2. The lowest BCUT2D eigenvalue weighted by Gasteiger charge is -2.37. The Hall–Kier alpha value is -1.40. The zero-order chi connectivity index (χ0) is 13.2. The molecule has 2 heterocycles. The third-order valence-electron chi connectivity index (χ3n) is 2.92. The van der Waals surface area contributed by atoms with Crippen molar-refractivity contribution in [1.29, 1.82) is 0 Å². The van der Waals surface area contributed by atoms with Crippen molar-refractivity contribution in [3.63, 3.8) is 0 Å². The van der Waals surface area contributed by atoms with Crippen molar-refractivity contribution in [3.05, 3.63) is 12.4 Å². The first-order valence-corrected chi connectivity index (χ1v) is 6.21. The summed E-state index contributed by atoms with van der Waals surface area (Å²) in [6, 6.07) is 0. The molecular weight excluding hydrogens is 230 g/mol. The van der Waals surface area contributed by atoms with Crippen LogP contribution in [0.25, 0.3) is 0 Å². The van der Waals surface area contributed by atoms with Crippen molar-refractivity contribution in [1.82, 2.24) is 14.9 Å². The number of aromatic nitrogens is 2. The van der Waals surface area contributed by atoms with E-state index in [4.69, 9.17) is 5.73 Å². The maximum Gasteiger partial charge on any atom is 0.225 e. The number of rotatable bonds is 3. The van der Waals surface area contributed by atoms with Crippen LogP contribution in [0, 0.1) is 0 Å². The van der Waals surface area contributed by atoms with Crippen LogP contribution in [0.2, 0.25) is 0 Å². The van der Waals surface area contributed by atoms with Gasteiger partial charge in [0.1, 0.15) is 0 Å². The summed E-state index contributed by atoms with van der Waals surface area (Å²) in [7, 11) is 0. The summed E-state index contributed by atoms with van der Waals surface area (Å²) in [6.07, 6.45) is 3.26. The van der Waals surface area contributed by atoms with Gasteiger partial charge in [0, 0.05) is 32.7 Å². The van der Waals surface area contributed by atoms with E-state index in [2.05, 4.69) is 19.8 Å². The average molecular weight is 251 g/mol. The van der Waals surface area contributed by atoms with Gasteiger partial charge in [-0.25, -0.2) is 9.97 Å². The standard InChI is InChI=1S/C12H21N5O/c1-12(2,18)9-16-3-5-17(6-4-16)11-14-7-10(13)8-15-11/h7-8,18H,3-6,9,13H2,1-2H3. The number of nitrogens with zero attached hydrogens (tertiary/aromatic N) is 4. The molecule has 2 rings (SSSR count). The maximum atomic E-state index is 9.79. The molecule has 0 unspecified atom stereocenters. The van der Waals surface area contributed by atoms with Gasteiger partial charge in [0.15, 0.2) is 0 Å². The molecule has 0 spiro atoms. The summed E-state index contributed by atoms with van der Waals surface area (Å²) in [5.74, 6) is 0.729. The molecule has 0 radical (unpaired) electrons. The van der Waals surface area contributed by atoms with Crippen LogP contribution in [0.15, 0.2) is 12.4 Å². The minimum atomic E-state index is -0.639. The second-order valence-electron chi connectivity index (χ2n) is 5.39. The van der Waals surface area contributed by atoms with Gasteiger partial charge >= 0.3 is 0 Å². The molecule has 1 saturated heterocycles. The first-order valence-electron chi connectivity index (χ1n) is 6.21. The molecule has 1 fully saturated rings. The molecule has 0 saturated carbocycles. The first-order chi connectivity index (χ1) is 8.44. The molecular formula is C12H21N5O. The highest BCUT2D eigenvalue weighted by atomic mass is 16.3. The molecule has 1 aliphatic rings. The van der Waals surface area contributed by atoms with E-state index in [1.54, 1.807) is 12.4 Å². The number of hydrogen-bond acceptors (Lipinski definition) is 6. The normalized spacial score (nSPS) is 18.1. The minimum absolute atomic E-state index is 0.583. The summed E-state index contributed by atoms with van der Waals surface area (Å²) in [5.41, 5.74) is 5.51. The number of aliphatic hydroxyl groups is 1. The topological polar surface area (TPSA) is 78.5 Å². The van der Waals surface area contributed by atoms with Gasteiger partial charge in [-0.15, -0.1) is 0 Å². The fourth-order valence-electron chi connectivity index (χ4n) is 2.15.